The highest BCUT2D eigenvalue weighted by Gasteiger charge is 2.34. The number of benzene rings is 3. The number of para-hydroxylation sites is 1. The highest BCUT2D eigenvalue weighted by atomic mass is 35.5. The van der Waals surface area contributed by atoms with Gasteiger partial charge < -0.3 is 9.72 Å². The lowest BCUT2D eigenvalue weighted by Gasteiger charge is -2.20. The van der Waals surface area contributed by atoms with Crippen LogP contribution in [0.5, 0.6) is 5.75 Å². The Morgan fingerprint density at radius 3 is 2.41 bits per heavy atom. The third-order valence-corrected chi connectivity index (χ3v) is 6.33. The maximum absolute atomic E-state index is 13.4. The molecular formula is C27H22ClN3O3. The second-order valence-electron chi connectivity index (χ2n) is 8.16. The van der Waals surface area contributed by atoms with Gasteiger partial charge in [-0.25, -0.2) is 5.01 Å². The summed E-state index contributed by atoms with van der Waals surface area (Å²) < 4.78 is 5.26. The first-order chi connectivity index (χ1) is 16.5. The van der Waals surface area contributed by atoms with Crippen LogP contribution in [-0.4, -0.2) is 28.7 Å². The summed E-state index contributed by atoms with van der Waals surface area (Å²) in [6.07, 6.45) is 0.411. The van der Waals surface area contributed by atoms with Gasteiger partial charge in [-0.2, -0.15) is 5.10 Å². The van der Waals surface area contributed by atoms with Gasteiger partial charge in [0.15, 0.2) is 0 Å². The minimum Gasteiger partial charge on any atom is -0.497 e. The van der Waals surface area contributed by atoms with Crippen LogP contribution >= 0.6 is 11.6 Å². The molecular weight excluding hydrogens is 450 g/mol. The molecule has 170 valence electrons. The van der Waals surface area contributed by atoms with Gasteiger partial charge in [0.2, 0.25) is 5.91 Å². The lowest BCUT2D eigenvalue weighted by Crippen LogP contribution is -2.24. The highest BCUT2D eigenvalue weighted by Crippen LogP contribution is 2.37. The fraction of sp³-hybridized carbons (Fsp3) is 0.148. The number of methoxy groups -OCH3 is 1. The fourth-order valence-electron chi connectivity index (χ4n) is 4.47. The van der Waals surface area contributed by atoms with Gasteiger partial charge in [0, 0.05) is 34.8 Å². The second kappa shape index (κ2) is 8.80. The number of nitrogens with zero attached hydrogens (tertiary/aromatic N) is 2. The number of hydrazone groups is 1. The van der Waals surface area contributed by atoms with Crippen molar-refractivity contribution in [3.8, 4) is 16.9 Å². The number of H-pyrrole nitrogens is 1. The third-order valence-electron chi connectivity index (χ3n) is 6.08. The minimum atomic E-state index is -0.317. The number of aromatic amines is 1. The summed E-state index contributed by atoms with van der Waals surface area (Å²) in [5, 5.41) is 7.61. The summed E-state index contributed by atoms with van der Waals surface area (Å²) in [7, 11) is 1.61. The molecule has 1 aromatic heterocycles. The Morgan fingerprint density at radius 1 is 1.03 bits per heavy atom. The molecule has 1 aliphatic rings. The summed E-state index contributed by atoms with van der Waals surface area (Å²) in [5.41, 5.74) is 4.05. The summed E-state index contributed by atoms with van der Waals surface area (Å²) in [5.74, 6) is 0.536. The van der Waals surface area contributed by atoms with Crippen molar-refractivity contribution in [3.63, 3.8) is 0 Å². The van der Waals surface area contributed by atoms with E-state index in [2.05, 4.69) is 10.1 Å². The lowest BCUT2D eigenvalue weighted by molar-refractivity contribution is -0.130. The average molecular weight is 472 g/mol. The molecule has 3 aromatic carbocycles. The van der Waals surface area contributed by atoms with Gasteiger partial charge in [-0.3, -0.25) is 9.59 Å². The number of fused-ring (bicyclic) bond motifs is 1. The molecule has 0 bridgehead atoms. The third kappa shape index (κ3) is 3.86. The van der Waals surface area contributed by atoms with Crippen molar-refractivity contribution in [2.75, 3.05) is 7.11 Å². The number of halogens is 1. The summed E-state index contributed by atoms with van der Waals surface area (Å²) >= 11 is 6.13. The zero-order valence-electron chi connectivity index (χ0n) is 18.7. The average Bonchev–Trinajstić information content (AvgIpc) is 3.29. The molecule has 4 aromatic rings. The van der Waals surface area contributed by atoms with Crippen LogP contribution < -0.4 is 10.3 Å². The molecule has 0 saturated heterocycles. The van der Waals surface area contributed by atoms with Crippen LogP contribution in [0.4, 0.5) is 0 Å². The molecule has 0 spiro atoms. The summed E-state index contributed by atoms with van der Waals surface area (Å²) in [6, 6.07) is 22.3. The number of pyridine rings is 1. The van der Waals surface area contributed by atoms with E-state index in [1.807, 2.05) is 60.7 Å². The van der Waals surface area contributed by atoms with E-state index in [0.29, 0.717) is 22.7 Å². The van der Waals surface area contributed by atoms with E-state index in [4.69, 9.17) is 16.3 Å². The first-order valence-corrected chi connectivity index (χ1v) is 11.3. The number of hydrogen-bond acceptors (Lipinski definition) is 4. The fourth-order valence-corrected chi connectivity index (χ4v) is 4.60. The zero-order valence-corrected chi connectivity index (χ0v) is 19.5. The van der Waals surface area contributed by atoms with Crippen molar-refractivity contribution in [2.24, 2.45) is 5.10 Å². The van der Waals surface area contributed by atoms with E-state index in [1.165, 1.54) is 11.9 Å². The number of carbonyl (C=O) groups is 1. The molecule has 0 saturated carbocycles. The Bertz CT molecular complexity index is 1470. The first-order valence-electron chi connectivity index (χ1n) is 10.9. The molecule has 0 unspecified atom stereocenters. The van der Waals surface area contributed by atoms with Gasteiger partial charge in [-0.1, -0.05) is 54.1 Å². The van der Waals surface area contributed by atoms with E-state index >= 15 is 0 Å². The molecule has 0 aliphatic carbocycles. The lowest BCUT2D eigenvalue weighted by atomic mass is 9.91. The minimum absolute atomic E-state index is 0.193. The monoisotopic (exact) mass is 471 g/mol. The number of aromatic nitrogens is 1. The molecule has 0 radical (unpaired) electrons. The molecule has 0 fully saturated rings. The van der Waals surface area contributed by atoms with Crippen LogP contribution in [0, 0.1) is 0 Å². The number of amides is 1. The van der Waals surface area contributed by atoms with E-state index in [-0.39, 0.29) is 17.5 Å². The molecule has 34 heavy (non-hydrogen) atoms. The number of nitrogens with one attached hydrogen (secondary N) is 1. The molecule has 5 rings (SSSR count). The van der Waals surface area contributed by atoms with Gasteiger partial charge in [0.1, 0.15) is 5.75 Å². The van der Waals surface area contributed by atoms with Crippen molar-refractivity contribution in [1.29, 1.82) is 0 Å². The van der Waals surface area contributed by atoms with Gasteiger partial charge in [-0.15, -0.1) is 0 Å². The Morgan fingerprint density at radius 2 is 1.74 bits per heavy atom. The maximum Gasteiger partial charge on any atom is 0.258 e. The van der Waals surface area contributed by atoms with Gasteiger partial charge in [-0.05, 0) is 41.5 Å². The van der Waals surface area contributed by atoms with Crippen molar-refractivity contribution in [3.05, 3.63) is 99.3 Å². The predicted molar refractivity (Wildman–Crippen MR) is 134 cm³/mol. The Balaban J connectivity index is 1.69. The standard InChI is InChI=1S/C27H22ClN3O3/c1-16(32)31-24(17-9-13-20(34-2)14-10-17)15-23(30-31)26-25(18-7-11-19(28)12-8-18)21-5-3-4-6-22(21)29-27(26)33/h3-14,24H,15H2,1-2H3,(H,29,33)/t24-/m0/s1. The number of hydrogen-bond donors (Lipinski definition) is 1. The van der Waals surface area contributed by atoms with Crippen molar-refractivity contribution in [1.82, 2.24) is 9.99 Å². The quantitative estimate of drug-likeness (QED) is 0.423. The maximum atomic E-state index is 13.4. The van der Waals surface area contributed by atoms with Gasteiger partial charge in [0.05, 0.1) is 24.4 Å². The van der Waals surface area contributed by atoms with Crippen LogP contribution in [0.15, 0.2) is 82.7 Å². The summed E-state index contributed by atoms with van der Waals surface area (Å²) in [4.78, 5) is 28.9. The molecule has 1 atom stereocenters. The molecule has 1 amide bonds. The first kappa shape index (κ1) is 21.9. The van der Waals surface area contributed by atoms with E-state index in [1.54, 1.807) is 19.2 Å². The van der Waals surface area contributed by atoms with Crippen molar-refractivity contribution in [2.45, 2.75) is 19.4 Å². The molecule has 2 heterocycles. The topological polar surface area (TPSA) is 74.8 Å². The smallest absolute Gasteiger partial charge is 0.258 e. The molecule has 7 heteroatoms. The van der Waals surface area contributed by atoms with E-state index in [0.717, 1.165) is 33.3 Å². The van der Waals surface area contributed by atoms with Crippen LogP contribution in [0.3, 0.4) is 0 Å². The number of rotatable bonds is 4. The van der Waals surface area contributed by atoms with Crippen LogP contribution in [0.25, 0.3) is 22.0 Å². The molecule has 1 aliphatic heterocycles. The largest absolute Gasteiger partial charge is 0.497 e. The summed E-state index contributed by atoms with van der Waals surface area (Å²) in [6.45, 7) is 1.48. The van der Waals surface area contributed by atoms with E-state index in [9.17, 15) is 9.59 Å². The van der Waals surface area contributed by atoms with E-state index < -0.39 is 0 Å². The Labute approximate surface area is 201 Å². The second-order valence-corrected chi connectivity index (χ2v) is 8.60. The number of ether oxygens (including phenoxy) is 1. The Kier molecular flexibility index (Phi) is 5.67. The van der Waals surface area contributed by atoms with Gasteiger partial charge >= 0.3 is 0 Å². The van der Waals surface area contributed by atoms with Crippen molar-refractivity contribution < 1.29 is 9.53 Å². The SMILES string of the molecule is COc1ccc([C@@H]2CC(c3c(-c4ccc(Cl)cc4)c4ccccc4[nH]c3=O)=NN2C(C)=O)cc1. The normalized spacial score (nSPS) is 15.4. The van der Waals surface area contributed by atoms with Crippen LogP contribution in [0.1, 0.15) is 30.5 Å². The molecule has 1 N–H and O–H groups in total. The van der Waals surface area contributed by atoms with Gasteiger partial charge in [0.25, 0.3) is 5.56 Å². The van der Waals surface area contributed by atoms with Crippen LogP contribution in [0.2, 0.25) is 5.02 Å². The zero-order chi connectivity index (χ0) is 23.8. The molecule has 6 nitrogen and oxygen atoms in total. The van der Waals surface area contributed by atoms with Crippen LogP contribution in [-0.2, 0) is 4.79 Å². The predicted octanol–water partition coefficient (Wildman–Crippen LogP) is 5.55. The highest BCUT2D eigenvalue weighted by molar-refractivity contribution is 6.30. The van der Waals surface area contributed by atoms with Crippen molar-refractivity contribution >= 4 is 34.1 Å². The Hall–Kier alpha value is -3.90. The number of carbonyl (C=O) groups excluding carboxylic acids is 1.